The van der Waals surface area contributed by atoms with Crippen LogP contribution < -0.4 is 11.1 Å². The van der Waals surface area contributed by atoms with Crippen molar-refractivity contribution in [1.29, 1.82) is 5.26 Å². The van der Waals surface area contributed by atoms with E-state index in [1.54, 1.807) is 23.0 Å². The molecule has 0 spiro atoms. The quantitative estimate of drug-likeness (QED) is 0.857. The summed E-state index contributed by atoms with van der Waals surface area (Å²) in [6.07, 6.45) is 4.02. The van der Waals surface area contributed by atoms with Gasteiger partial charge in [-0.2, -0.15) is 10.4 Å². The molecule has 1 unspecified atom stereocenters. The van der Waals surface area contributed by atoms with Gasteiger partial charge >= 0.3 is 0 Å². The van der Waals surface area contributed by atoms with E-state index in [0.29, 0.717) is 23.8 Å². The van der Waals surface area contributed by atoms with Crippen molar-refractivity contribution in [2.75, 3.05) is 5.32 Å². The van der Waals surface area contributed by atoms with Gasteiger partial charge in [0.15, 0.2) is 5.82 Å². The molecule has 1 fully saturated rings. The first kappa shape index (κ1) is 15.0. The van der Waals surface area contributed by atoms with Gasteiger partial charge in [0.1, 0.15) is 11.4 Å². The number of aromatic nitrogens is 2. The topological polar surface area (TPSA) is 96.7 Å². The summed E-state index contributed by atoms with van der Waals surface area (Å²) in [6, 6.07) is 7.83. The highest BCUT2D eigenvalue weighted by atomic mass is 19.1. The molecule has 118 valence electrons. The van der Waals surface area contributed by atoms with E-state index in [1.807, 2.05) is 0 Å². The monoisotopic (exact) mass is 313 g/mol. The van der Waals surface area contributed by atoms with Crippen LogP contribution in [0, 0.1) is 23.1 Å². The minimum Gasteiger partial charge on any atom is -0.365 e. The van der Waals surface area contributed by atoms with Gasteiger partial charge in [-0.15, -0.1) is 0 Å². The summed E-state index contributed by atoms with van der Waals surface area (Å²) in [4.78, 5) is 11.6. The zero-order valence-corrected chi connectivity index (χ0v) is 12.4. The largest absolute Gasteiger partial charge is 0.365 e. The second-order valence-corrected chi connectivity index (χ2v) is 5.63. The van der Waals surface area contributed by atoms with Crippen molar-refractivity contribution in [3.63, 3.8) is 0 Å². The molecule has 1 heterocycles. The maximum Gasteiger partial charge on any atom is 0.254 e. The molecule has 6 nitrogen and oxygen atoms in total. The SMILES string of the molecule is N#CCC(C1CC1)n1cc(C(N)=O)c(Nc2ccc(F)cc2)n1. The molecule has 0 aliphatic heterocycles. The number of benzene rings is 1. The Morgan fingerprint density at radius 1 is 1.48 bits per heavy atom. The number of nitriles is 1. The summed E-state index contributed by atoms with van der Waals surface area (Å²) >= 11 is 0. The molecule has 2 aromatic rings. The van der Waals surface area contributed by atoms with Gasteiger partial charge in [0.2, 0.25) is 0 Å². The number of carbonyl (C=O) groups is 1. The Morgan fingerprint density at radius 2 is 2.17 bits per heavy atom. The number of anilines is 2. The lowest BCUT2D eigenvalue weighted by Crippen LogP contribution is -2.12. The fourth-order valence-corrected chi connectivity index (χ4v) is 2.55. The maximum absolute atomic E-state index is 13.0. The Balaban J connectivity index is 1.90. The summed E-state index contributed by atoms with van der Waals surface area (Å²) in [7, 11) is 0. The van der Waals surface area contributed by atoms with Crippen LogP contribution in [0.25, 0.3) is 0 Å². The third-order valence-corrected chi connectivity index (χ3v) is 3.91. The molecular formula is C16H16FN5O. The zero-order chi connectivity index (χ0) is 16.4. The smallest absolute Gasteiger partial charge is 0.254 e. The van der Waals surface area contributed by atoms with Gasteiger partial charge in [-0.05, 0) is 43.0 Å². The number of primary amides is 1. The van der Waals surface area contributed by atoms with Crippen LogP contribution in [0.3, 0.4) is 0 Å². The number of halogens is 1. The number of hydrogen-bond donors (Lipinski definition) is 2. The highest BCUT2D eigenvalue weighted by molar-refractivity contribution is 5.98. The number of nitrogens with zero attached hydrogens (tertiary/aromatic N) is 3. The number of rotatable bonds is 6. The van der Waals surface area contributed by atoms with Gasteiger partial charge in [0.05, 0.1) is 18.5 Å². The zero-order valence-electron chi connectivity index (χ0n) is 12.4. The summed E-state index contributed by atoms with van der Waals surface area (Å²) < 4.78 is 14.6. The third-order valence-electron chi connectivity index (χ3n) is 3.91. The lowest BCUT2D eigenvalue weighted by Gasteiger charge is -2.12. The van der Waals surface area contributed by atoms with Crippen molar-refractivity contribution in [3.8, 4) is 6.07 Å². The molecule has 1 atom stereocenters. The van der Waals surface area contributed by atoms with E-state index in [4.69, 9.17) is 11.0 Å². The van der Waals surface area contributed by atoms with E-state index in [-0.39, 0.29) is 17.4 Å². The fraction of sp³-hybridized carbons (Fsp3) is 0.312. The van der Waals surface area contributed by atoms with E-state index in [2.05, 4.69) is 16.5 Å². The average Bonchev–Trinajstić information content (AvgIpc) is 3.27. The van der Waals surface area contributed by atoms with Crippen molar-refractivity contribution in [3.05, 3.63) is 41.8 Å². The second-order valence-electron chi connectivity index (χ2n) is 5.63. The minimum atomic E-state index is -0.604. The van der Waals surface area contributed by atoms with Crippen molar-refractivity contribution in [1.82, 2.24) is 9.78 Å². The lowest BCUT2D eigenvalue weighted by molar-refractivity contribution is 0.100. The Bertz CT molecular complexity index is 758. The molecular weight excluding hydrogens is 297 g/mol. The van der Waals surface area contributed by atoms with E-state index < -0.39 is 5.91 Å². The fourth-order valence-electron chi connectivity index (χ4n) is 2.55. The van der Waals surface area contributed by atoms with Gasteiger partial charge < -0.3 is 11.1 Å². The predicted molar refractivity (Wildman–Crippen MR) is 82.4 cm³/mol. The van der Waals surface area contributed by atoms with Crippen LogP contribution in [-0.4, -0.2) is 15.7 Å². The summed E-state index contributed by atoms with van der Waals surface area (Å²) in [6.45, 7) is 0. The van der Waals surface area contributed by atoms with Gasteiger partial charge in [0.25, 0.3) is 5.91 Å². The molecule has 1 aliphatic carbocycles. The lowest BCUT2D eigenvalue weighted by atomic mass is 10.1. The van der Waals surface area contributed by atoms with Crippen LogP contribution in [0.1, 0.15) is 35.7 Å². The third kappa shape index (κ3) is 3.31. The summed E-state index contributed by atoms with van der Waals surface area (Å²) in [5, 5.41) is 16.4. The van der Waals surface area contributed by atoms with Crippen LogP contribution >= 0.6 is 0 Å². The number of nitrogens with one attached hydrogen (secondary N) is 1. The number of carbonyl (C=O) groups excluding carboxylic acids is 1. The van der Waals surface area contributed by atoms with Crippen molar-refractivity contribution < 1.29 is 9.18 Å². The molecule has 3 rings (SSSR count). The van der Waals surface area contributed by atoms with Crippen LogP contribution in [-0.2, 0) is 0 Å². The molecule has 1 aliphatic rings. The first-order chi connectivity index (χ1) is 11.1. The van der Waals surface area contributed by atoms with E-state index in [0.717, 1.165) is 12.8 Å². The molecule has 23 heavy (non-hydrogen) atoms. The summed E-state index contributed by atoms with van der Waals surface area (Å²) in [5.74, 6) is -0.229. The first-order valence-corrected chi connectivity index (χ1v) is 7.37. The Kier molecular flexibility index (Phi) is 3.98. The average molecular weight is 313 g/mol. The number of nitrogens with two attached hydrogens (primary N) is 1. The Labute approximate surface area is 132 Å². The van der Waals surface area contributed by atoms with Crippen molar-refractivity contribution in [2.24, 2.45) is 11.7 Å². The van der Waals surface area contributed by atoms with Gasteiger partial charge in [0, 0.05) is 11.9 Å². The minimum absolute atomic E-state index is 0.0538. The normalized spacial score (nSPS) is 15.0. The molecule has 7 heteroatoms. The highest BCUT2D eigenvalue weighted by Crippen LogP contribution is 2.41. The van der Waals surface area contributed by atoms with Gasteiger partial charge in [-0.25, -0.2) is 4.39 Å². The maximum atomic E-state index is 13.0. The van der Waals surface area contributed by atoms with Crippen molar-refractivity contribution in [2.45, 2.75) is 25.3 Å². The van der Waals surface area contributed by atoms with E-state index in [1.165, 1.54) is 12.1 Å². The second kappa shape index (κ2) is 6.08. The highest BCUT2D eigenvalue weighted by Gasteiger charge is 2.33. The van der Waals surface area contributed by atoms with Crippen LogP contribution in [0.4, 0.5) is 15.9 Å². The molecule has 1 aromatic carbocycles. The van der Waals surface area contributed by atoms with Crippen LogP contribution in [0.5, 0.6) is 0 Å². The number of amides is 1. The van der Waals surface area contributed by atoms with Gasteiger partial charge in [-0.1, -0.05) is 0 Å². The molecule has 0 saturated heterocycles. The molecule has 1 amide bonds. The Hall–Kier alpha value is -2.88. The predicted octanol–water partition coefficient (Wildman–Crippen LogP) is 2.73. The van der Waals surface area contributed by atoms with Crippen LogP contribution in [0.2, 0.25) is 0 Å². The molecule has 1 saturated carbocycles. The molecule has 0 radical (unpaired) electrons. The first-order valence-electron chi connectivity index (χ1n) is 7.37. The number of hydrogen-bond acceptors (Lipinski definition) is 4. The van der Waals surface area contributed by atoms with E-state index in [9.17, 15) is 9.18 Å². The van der Waals surface area contributed by atoms with E-state index >= 15 is 0 Å². The van der Waals surface area contributed by atoms with Crippen molar-refractivity contribution >= 4 is 17.4 Å². The molecule has 3 N–H and O–H groups in total. The summed E-state index contributed by atoms with van der Waals surface area (Å²) in [5.41, 5.74) is 6.26. The molecule has 1 aromatic heterocycles. The standard InChI is InChI=1S/C16H16FN5O/c17-11-3-5-12(6-4-11)20-16-13(15(19)23)9-22(21-16)14(7-8-18)10-1-2-10/h3-6,9-10,14H,1-2,7H2,(H2,19,23)(H,20,21). The van der Waals surface area contributed by atoms with Gasteiger partial charge in [-0.3, -0.25) is 9.48 Å². The molecule has 0 bridgehead atoms. The Morgan fingerprint density at radius 3 is 2.74 bits per heavy atom. The van der Waals surface area contributed by atoms with Crippen LogP contribution in [0.15, 0.2) is 30.5 Å².